The van der Waals surface area contributed by atoms with Crippen molar-refractivity contribution in [3.63, 3.8) is 0 Å². The van der Waals surface area contributed by atoms with Crippen molar-refractivity contribution in [3.05, 3.63) is 48.6 Å². The number of rotatable bonds is 61. The first-order valence-corrected chi connectivity index (χ1v) is 32.8. The predicted molar refractivity (Wildman–Crippen MR) is 327 cm³/mol. The van der Waals surface area contributed by atoms with Crippen molar-refractivity contribution >= 4 is 17.9 Å². The lowest BCUT2D eigenvalue weighted by atomic mass is 10.0. The number of hydrogen-bond acceptors (Lipinski definition) is 7. The Kier molecular flexibility index (Phi) is 57.3. The molecule has 77 heavy (non-hydrogen) atoms. The molecule has 2 unspecified atom stereocenters. The highest BCUT2D eigenvalue weighted by atomic mass is 16.7. The van der Waals surface area contributed by atoms with E-state index in [0.717, 1.165) is 77.0 Å². The molecule has 0 saturated heterocycles. The SMILES string of the molecule is CC/C=C\C/C=C\C/C=C\C/C=C\CCCCCCCCCCCCC(=O)OC(COC(=O)CCCCCCCCCCCCCCCCCCCCCCCCCCCCCCC)COC(OCC[N+](C)(C)C)C(=O)O. The zero-order chi connectivity index (χ0) is 56.2. The van der Waals surface area contributed by atoms with Crippen molar-refractivity contribution in [2.24, 2.45) is 0 Å². The van der Waals surface area contributed by atoms with E-state index in [1.807, 2.05) is 21.1 Å². The van der Waals surface area contributed by atoms with Crippen LogP contribution in [0, 0.1) is 0 Å². The Morgan fingerprint density at radius 3 is 1.10 bits per heavy atom. The quantitative estimate of drug-likeness (QED) is 0.0211. The Balaban J connectivity index is 4.11. The molecule has 0 aromatic heterocycles. The van der Waals surface area contributed by atoms with Crippen molar-refractivity contribution < 1.29 is 42.9 Å². The smallest absolute Gasteiger partial charge is 0.361 e. The molecular formula is C68H126NO8+. The molecule has 0 rings (SSSR count). The molecule has 9 heteroatoms. The average Bonchev–Trinajstić information content (AvgIpc) is 3.40. The van der Waals surface area contributed by atoms with E-state index in [1.165, 1.54) is 205 Å². The summed E-state index contributed by atoms with van der Waals surface area (Å²) in [5.74, 6) is -1.99. The normalized spacial score (nSPS) is 13.0. The number of unbranched alkanes of at least 4 members (excludes halogenated alkanes) is 38. The Hall–Kier alpha value is -2.75. The van der Waals surface area contributed by atoms with Gasteiger partial charge in [0.25, 0.3) is 6.29 Å². The Labute approximate surface area is 476 Å². The van der Waals surface area contributed by atoms with Gasteiger partial charge in [0.15, 0.2) is 6.10 Å². The third-order valence-electron chi connectivity index (χ3n) is 14.6. The first-order valence-electron chi connectivity index (χ1n) is 32.8. The monoisotopic (exact) mass is 1080 g/mol. The number of carbonyl (C=O) groups excluding carboxylic acids is 2. The van der Waals surface area contributed by atoms with Gasteiger partial charge in [0.2, 0.25) is 0 Å². The van der Waals surface area contributed by atoms with Gasteiger partial charge in [-0.05, 0) is 51.4 Å². The summed E-state index contributed by atoms with van der Waals surface area (Å²) in [6.45, 7) is 4.81. The van der Waals surface area contributed by atoms with E-state index in [1.54, 1.807) is 0 Å². The summed E-state index contributed by atoms with van der Waals surface area (Å²) in [5.41, 5.74) is 0. The van der Waals surface area contributed by atoms with Gasteiger partial charge in [0, 0.05) is 12.8 Å². The second-order valence-electron chi connectivity index (χ2n) is 23.4. The minimum absolute atomic E-state index is 0.181. The molecule has 0 saturated carbocycles. The molecule has 0 fully saturated rings. The van der Waals surface area contributed by atoms with Gasteiger partial charge >= 0.3 is 17.9 Å². The summed E-state index contributed by atoms with van der Waals surface area (Å²) in [6.07, 6.45) is 72.1. The third-order valence-corrected chi connectivity index (χ3v) is 14.6. The third kappa shape index (κ3) is 60.7. The number of carboxylic acid groups (broad SMARTS) is 1. The molecule has 0 aromatic rings. The van der Waals surface area contributed by atoms with Crippen LogP contribution in [-0.2, 0) is 33.3 Å². The van der Waals surface area contributed by atoms with Gasteiger partial charge in [-0.25, -0.2) is 4.79 Å². The molecule has 0 heterocycles. The number of carboxylic acids is 1. The summed E-state index contributed by atoms with van der Waals surface area (Å²) in [6, 6.07) is 0. The minimum atomic E-state index is -1.51. The molecule has 0 amide bonds. The van der Waals surface area contributed by atoms with Crippen molar-refractivity contribution in [1.29, 1.82) is 0 Å². The fraction of sp³-hybridized carbons (Fsp3) is 0.838. The van der Waals surface area contributed by atoms with E-state index in [2.05, 4.69) is 62.5 Å². The largest absolute Gasteiger partial charge is 0.477 e. The van der Waals surface area contributed by atoms with Gasteiger partial charge in [-0.3, -0.25) is 9.59 Å². The maximum atomic E-state index is 12.9. The summed E-state index contributed by atoms with van der Waals surface area (Å²) in [5, 5.41) is 9.73. The van der Waals surface area contributed by atoms with E-state index in [9.17, 15) is 19.5 Å². The number of nitrogens with zero attached hydrogens (tertiary/aromatic N) is 1. The van der Waals surface area contributed by atoms with Crippen LogP contribution in [0.5, 0.6) is 0 Å². The van der Waals surface area contributed by atoms with Gasteiger partial charge in [-0.1, -0.05) is 294 Å². The van der Waals surface area contributed by atoms with Crippen molar-refractivity contribution in [2.45, 2.75) is 322 Å². The highest BCUT2D eigenvalue weighted by Gasteiger charge is 2.25. The number of aliphatic carboxylic acids is 1. The summed E-state index contributed by atoms with van der Waals surface area (Å²) in [4.78, 5) is 37.5. The Morgan fingerprint density at radius 2 is 0.740 bits per heavy atom. The topological polar surface area (TPSA) is 108 Å². The number of allylic oxidation sites excluding steroid dienone is 8. The van der Waals surface area contributed by atoms with Crippen LogP contribution in [0.1, 0.15) is 309 Å². The second kappa shape index (κ2) is 59.4. The summed E-state index contributed by atoms with van der Waals surface area (Å²) < 4.78 is 23.0. The molecule has 0 aliphatic heterocycles. The molecule has 2 atom stereocenters. The van der Waals surface area contributed by atoms with Gasteiger partial charge in [0.05, 0.1) is 34.4 Å². The number of ether oxygens (including phenoxy) is 4. The van der Waals surface area contributed by atoms with Crippen molar-refractivity contribution in [1.82, 2.24) is 0 Å². The lowest BCUT2D eigenvalue weighted by Gasteiger charge is -2.25. The lowest BCUT2D eigenvalue weighted by molar-refractivity contribution is -0.870. The molecule has 0 spiro atoms. The second-order valence-corrected chi connectivity index (χ2v) is 23.4. The van der Waals surface area contributed by atoms with Crippen LogP contribution >= 0.6 is 0 Å². The van der Waals surface area contributed by atoms with Crippen LogP contribution in [0.2, 0.25) is 0 Å². The molecule has 0 aromatic carbocycles. The lowest BCUT2D eigenvalue weighted by Crippen LogP contribution is -2.40. The molecule has 450 valence electrons. The average molecular weight is 1090 g/mol. The van der Waals surface area contributed by atoms with Gasteiger partial charge in [0.1, 0.15) is 13.2 Å². The van der Waals surface area contributed by atoms with Crippen molar-refractivity contribution in [3.8, 4) is 0 Å². The van der Waals surface area contributed by atoms with Crippen LogP contribution in [0.4, 0.5) is 0 Å². The number of hydrogen-bond donors (Lipinski definition) is 1. The molecule has 0 bridgehead atoms. The number of quaternary nitrogens is 1. The highest BCUT2D eigenvalue weighted by Crippen LogP contribution is 2.18. The summed E-state index contributed by atoms with van der Waals surface area (Å²) >= 11 is 0. The van der Waals surface area contributed by atoms with Gasteiger partial charge < -0.3 is 28.5 Å². The first kappa shape index (κ1) is 74.2. The van der Waals surface area contributed by atoms with Crippen LogP contribution in [0.15, 0.2) is 48.6 Å². The molecule has 0 radical (unpaired) electrons. The number of esters is 2. The van der Waals surface area contributed by atoms with Crippen LogP contribution in [0.3, 0.4) is 0 Å². The van der Waals surface area contributed by atoms with Crippen molar-refractivity contribution in [2.75, 3.05) is 47.5 Å². The minimum Gasteiger partial charge on any atom is -0.477 e. The van der Waals surface area contributed by atoms with Gasteiger partial charge in [-0.2, -0.15) is 0 Å². The highest BCUT2D eigenvalue weighted by molar-refractivity contribution is 5.71. The maximum Gasteiger partial charge on any atom is 0.361 e. The molecule has 9 nitrogen and oxygen atoms in total. The Bertz CT molecular complexity index is 1400. The number of likely N-dealkylation sites (N-methyl/N-ethyl adjacent to an activating group) is 1. The van der Waals surface area contributed by atoms with E-state index in [-0.39, 0.29) is 32.2 Å². The standard InChI is InChI=1S/C68H125NO8/c1-6-8-10-12-14-16-18-20-22-24-26-28-30-31-32-33-34-35-37-38-40-42-44-46-48-50-52-54-56-58-65(70)75-62-64(63-76-68(67(72)73)74-61-60-69(3,4)5)77-66(71)59-57-55-53-51-49-47-45-43-41-39-36-29-27-25-23-21-19-17-15-13-11-9-7-2/h9,11,15,17,21,23,27,29,64,68H,6-8,10,12-14,16,18-20,22,24-26,28,30-63H2,1-5H3/p+1/b11-9-,17-15-,23-21-,29-27-. The van der Waals surface area contributed by atoms with Gasteiger partial charge in [-0.15, -0.1) is 0 Å². The Morgan fingerprint density at radius 1 is 0.403 bits per heavy atom. The summed E-state index contributed by atoms with van der Waals surface area (Å²) in [7, 11) is 5.98. The maximum absolute atomic E-state index is 12.9. The molecule has 1 N–H and O–H groups in total. The van der Waals surface area contributed by atoms with E-state index < -0.39 is 24.3 Å². The van der Waals surface area contributed by atoms with E-state index in [4.69, 9.17) is 18.9 Å². The number of carbonyl (C=O) groups is 3. The van der Waals surface area contributed by atoms with E-state index in [0.29, 0.717) is 17.4 Å². The van der Waals surface area contributed by atoms with E-state index >= 15 is 0 Å². The zero-order valence-corrected chi connectivity index (χ0v) is 51.4. The predicted octanol–water partition coefficient (Wildman–Crippen LogP) is 19.8. The zero-order valence-electron chi connectivity index (χ0n) is 51.4. The fourth-order valence-electron chi connectivity index (χ4n) is 9.60. The van der Waals surface area contributed by atoms with Crippen LogP contribution < -0.4 is 0 Å². The van der Waals surface area contributed by atoms with Crippen LogP contribution in [-0.4, -0.2) is 87.4 Å². The molecule has 0 aliphatic carbocycles. The van der Waals surface area contributed by atoms with Crippen LogP contribution in [0.25, 0.3) is 0 Å². The fourth-order valence-corrected chi connectivity index (χ4v) is 9.60. The first-order chi connectivity index (χ1) is 37.6. The molecule has 0 aliphatic rings. The molecular weight excluding hydrogens is 959 g/mol.